The van der Waals surface area contributed by atoms with Gasteiger partial charge in [0.25, 0.3) is 0 Å². The highest BCUT2D eigenvalue weighted by atomic mass is 32.2. The fraction of sp³-hybridized carbons (Fsp3) is 0.750. The molecule has 0 aliphatic heterocycles. The Morgan fingerprint density at radius 3 is 2.69 bits per heavy atom. The number of aryl methyl sites for hydroxylation is 1. The molecule has 3 nitrogen and oxygen atoms in total. The molecule has 0 aliphatic carbocycles. The Labute approximate surface area is 88.5 Å². The minimum atomic E-state index is 0.238. The van der Waals surface area contributed by atoms with Crippen LogP contribution in [0.2, 0.25) is 0 Å². The van der Waals surface area contributed by atoms with Crippen molar-refractivity contribution in [1.29, 1.82) is 0 Å². The lowest BCUT2D eigenvalue weighted by Gasteiger charge is -2.19. The molecular weight excluding hydrogens is 202 g/mol. The van der Waals surface area contributed by atoms with Crippen molar-refractivity contribution in [2.24, 2.45) is 5.41 Å². The van der Waals surface area contributed by atoms with E-state index < -0.39 is 0 Å². The first-order chi connectivity index (χ1) is 6.03. The summed E-state index contributed by atoms with van der Waals surface area (Å²) in [5.41, 5.74) is 0.238. The molecule has 5 heteroatoms. The van der Waals surface area contributed by atoms with Crippen LogP contribution in [0.5, 0.6) is 0 Å². The third-order valence-electron chi connectivity index (χ3n) is 1.60. The van der Waals surface area contributed by atoms with Gasteiger partial charge in [-0.05, 0) is 18.1 Å². The predicted octanol–water partition coefficient (Wildman–Crippen LogP) is 2.16. The van der Waals surface area contributed by atoms with Gasteiger partial charge in [-0.1, -0.05) is 25.6 Å². The topological polar surface area (TPSA) is 41.6 Å². The fourth-order valence-electron chi connectivity index (χ4n) is 0.692. The van der Waals surface area contributed by atoms with Crippen molar-refractivity contribution in [3.8, 4) is 0 Å². The fourth-order valence-corrected chi connectivity index (χ4v) is 1.89. The van der Waals surface area contributed by atoms with E-state index in [-0.39, 0.29) is 5.41 Å². The smallest absolute Gasteiger partial charge is 0.208 e. The van der Waals surface area contributed by atoms with Gasteiger partial charge >= 0.3 is 0 Å². The normalized spacial score (nSPS) is 12.0. The van der Waals surface area contributed by atoms with E-state index in [2.05, 4.69) is 41.7 Å². The molecule has 1 rings (SSSR count). The van der Waals surface area contributed by atoms with Gasteiger partial charge in [-0.15, -0.1) is 5.10 Å². The molecule has 0 aromatic carbocycles. The van der Waals surface area contributed by atoms with Gasteiger partial charge < -0.3 is 0 Å². The molecule has 13 heavy (non-hydrogen) atoms. The first-order valence-electron chi connectivity index (χ1n) is 4.16. The van der Waals surface area contributed by atoms with Gasteiger partial charge in [-0.2, -0.15) is 12.6 Å². The Bertz CT molecular complexity index is 270. The molecule has 1 aromatic heterocycles. The number of aromatic nitrogens is 3. The predicted molar refractivity (Wildman–Crippen MR) is 59.5 cm³/mol. The molecule has 0 unspecified atom stereocenters. The third-order valence-corrected chi connectivity index (χ3v) is 3.82. The second kappa shape index (κ2) is 4.37. The van der Waals surface area contributed by atoms with E-state index in [0.29, 0.717) is 0 Å². The van der Waals surface area contributed by atoms with Crippen molar-refractivity contribution < 1.29 is 0 Å². The summed E-state index contributed by atoms with van der Waals surface area (Å²) >= 11 is 5.96. The van der Waals surface area contributed by atoms with E-state index in [1.54, 1.807) is 11.8 Å². The van der Waals surface area contributed by atoms with Crippen LogP contribution in [0.3, 0.4) is 0 Å². The van der Waals surface area contributed by atoms with Crippen molar-refractivity contribution in [3.63, 3.8) is 0 Å². The van der Waals surface area contributed by atoms with Crippen LogP contribution in [-0.2, 0) is 0 Å². The Morgan fingerprint density at radius 2 is 2.23 bits per heavy atom. The lowest BCUT2D eigenvalue weighted by Crippen LogP contribution is -2.16. The summed E-state index contributed by atoms with van der Waals surface area (Å²) in [6, 6.07) is 0. The van der Waals surface area contributed by atoms with Crippen molar-refractivity contribution in [2.45, 2.75) is 25.9 Å². The van der Waals surface area contributed by atoms with Crippen LogP contribution in [0.25, 0.3) is 0 Å². The van der Waals surface area contributed by atoms with Crippen LogP contribution < -0.4 is 0 Å². The number of hydrogen-bond donors (Lipinski definition) is 2. The minimum absolute atomic E-state index is 0.238. The second-order valence-corrected chi connectivity index (χ2v) is 5.07. The third kappa shape index (κ3) is 3.60. The molecule has 1 aromatic rings. The summed E-state index contributed by atoms with van der Waals surface area (Å²) in [6.45, 7) is 6.28. The van der Waals surface area contributed by atoms with Crippen LogP contribution in [0.4, 0.5) is 0 Å². The molecule has 1 heterocycles. The standard InChI is InChI=1S/C8H15N3S2/c1-6-9-7(11-10-6)13-5-8(2,3)4-12/h12H,4-5H2,1-3H3,(H,9,10,11). The number of nitrogens with zero attached hydrogens (tertiary/aromatic N) is 2. The number of thioether (sulfide) groups is 1. The van der Waals surface area contributed by atoms with E-state index in [0.717, 1.165) is 22.5 Å². The van der Waals surface area contributed by atoms with Crippen LogP contribution in [0.15, 0.2) is 5.16 Å². The number of nitrogens with one attached hydrogen (secondary N) is 1. The highest BCUT2D eigenvalue weighted by Crippen LogP contribution is 2.26. The average molecular weight is 217 g/mol. The summed E-state index contributed by atoms with van der Waals surface area (Å²) in [4.78, 5) is 4.22. The van der Waals surface area contributed by atoms with E-state index in [1.807, 2.05) is 6.92 Å². The van der Waals surface area contributed by atoms with E-state index >= 15 is 0 Å². The maximum Gasteiger partial charge on any atom is 0.208 e. The first-order valence-corrected chi connectivity index (χ1v) is 5.78. The lowest BCUT2D eigenvalue weighted by atomic mass is 10.0. The Morgan fingerprint density at radius 1 is 1.54 bits per heavy atom. The molecule has 1 N–H and O–H groups in total. The average Bonchev–Trinajstić information content (AvgIpc) is 2.48. The quantitative estimate of drug-likeness (QED) is 0.600. The SMILES string of the molecule is Cc1nc(SCC(C)(C)CS)n[nH]1. The molecule has 0 amide bonds. The van der Waals surface area contributed by atoms with Gasteiger partial charge in [0.05, 0.1) is 0 Å². The first kappa shape index (κ1) is 10.9. The summed E-state index contributed by atoms with van der Waals surface area (Å²) in [5.74, 6) is 2.74. The van der Waals surface area contributed by atoms with Crippen molar-refractivity contribution >= 4 is 24.4 Å². The van der Waals surface area contributed by atoms with Gasteiger partial charge in [-0.25, -0.2) is 4.98 Å². The largest absolute Gasteiger partial charge is 0.262 e. The number of H-pyrrole nitrogens is 1. The zero-order valence-corrected chi connectivity index (χ0v) is 9.88. The monoisotopic (exact) mass is 217 g/mol. The van der Waals surface area contributed by atoms with E-state index in [4.69, 9.17) is 0 Å². The van der Waals surface area contributed by atoms with E-state index in [9.17, 15) is 0 Å². The molecule has 0 aliphatic rings. The van der Waals surface area contributed by atoms with Crippen molar-refractivity contribution in [1.82, 2.24) is 15.2 Å². The van der Waals surface area contributed by atoms with Crippen LogP contribution in [0.1, 0.15) is 19.7 Å². The highest BCUT2D eigenvalue weighted by molar-refractivity contribution is 7.99. The van der Waals surface area contributed by atoms with E-state index in [1.165, 1.54) is 0 Å². The molecule has 0 bridgehead atoms. The van der Waals surface area contributed by atoms with Gasteiger partial charge in [0.1, 0.15) is 5.82 Å². The van der Waals surface area contributed by atoms with Gasteiger partial charge in [0, 0.05) is 5.75 Å². The van der Waals surface area contributed by atoms with Gasteiger partial charge in [0.15, 0.2) is 0 Å². The molecule has 74 valence electrons. The molecule has 0 fully saturated rings. The van der Waals surface area contributed by atoms with Crippen LogP contribution >= 0.6 is 24.4 Å². The molecule has 0 atom stereocenters. The minimum Gasteiger partial charge on any atom is -0.262 e. The Kier molecular flexibility index (Phi) is 3.67. The summed E-state index contributed by atoms with van der Waals surface area (Å²) in [6.07, 6.45) is 0. The van der Waals surface area contributed by atoms with Gasteiger partial charge in [0.2, 0.25) is 5.16 Å². The number of rotatable bonds is 4. The zero-order valence-electron chi connectivity index (χ0n) is 8.16. The second-order valence-electron chi connectivity index (χ2n) is 3.81. The molecule has 0 radical (unpaired) electrons. The van der Waals surface area contributed by atoms with Gasteiger partial charge in [-0.3, -0.25) is 5.10 Å². The summed E-state index contributed by atoms with van der Waals surface area (Å²) in [5, 5.41) is 7.70. The Hall–Kier alpha value is -0.160. The molecule has 0 saturated heterocycles. The van der Waals surface area contributed by atoms with Crippen LogP contribution in [0, 0.1) is 12.3 Å². The maximum absolute atomic E-state index is 4.29. The van der Waals surface area contributed by atoms with Crippen LogP contribution in [-0.4, -0.2) is 26.7 Å². The van der Waals surface area contributed by atoms with Crippen molar-refractivity contribution in [3.05, 3.63) is 5.82 Å². The number of aromatic amines is 1. The van der Waals surface area contributed by atoms with Crippen molar-refractivity contribution in [2.75, 3.05) is 11.5 Å². The maximum atomic E-state index is 4.29. The number of thiol groups is 1. The number of hydrogen-bond acceptors (Lipinski definition) is 4. The molecule has 0 spiro atoms. The molecular formula is C8H15N3S2. The molecule has 0 saturated carbocycles. The highest BCUT2D eigenvalue weighted by Gasteiger charge is 2.16. The lowest BCUT2D eigenvalue weighted by molar-refractivity contribution is 0.493. The summed E-state index contributed by atoms with van der Waals surface area (Å²) in [7, 11) is 0. The zero-order chi connectivity index (χ0) is 9.90. The Balaban J connectivity index is 2.43. The summed E-state index contributed by atoms with van der Waals surface area (Å²) < 4.78 is 0.